The molecule has 2 heterocycles. The van der Waals surface area contributed by atoms with E-state index < -0.39 is 5.60 Å². The second kappa shape index (κ2) is 17.1. The van der Waals surface area contributed by atoms with Gasteiger partial charge in [0.1, 0.15) is 23.7 Å². The van der Waals surface area contributed by atoms with Crippen LogP contribution in [0.1, 0.15) is 75.3 Å². The highest BCUT2D eigenvalue weighted by molar-refractivity contribution is 5.89. The quantitative estimate of drug-likeness (QED) is 0.139. The number of rotatable bonds is 12. The molecule has 6 rings (SSSR count). The molecule has 1 N–H and O–H groups in total. The minimum Gasteiger partial charge on any atom is -0.486 e. The zero-order valence-electron chi connectivity index (χ0n) is 30.3. The minimum atomic E-state index is -0.538. The van der Waals surface area contributed by atoms with E-state index in [4.69, 9.17) is 13.9 Å². The molecule has 0 aliphatic heterocycles. The van der Waals surface area contributed by atoms with Crippen molar-refractivity contribution in [3.8, 4) is 16.9 Å². The van der Waals surface area contributed by atoms with Gasteiger partial charge >= 0.3 is 12.1 Å². The monoisotopic (exact) mass is 700 g/mol. The summed E-state index contributed by atoms with van der Waals surface area (Å²) in [5.41, 5.74) is 5.29. The lowest BCUT2D eigenvalue weighted by atomic mass is 9.94. The number of carbonyl (C=O) groups excluding carboxylic acids is 2. The summed E-state index contributed by atoms with van der Waals surface area (Å²) in [7, 11) is 0. The van der Waals surface area contributed by atoms with Gasteiger partial charge in [-0.2, -0.15) is 0 Å². The fourth-order valence-corrected chi connectivity index (χ4v) is 6.38. The maximum absolute atomic E-state index is 13.6. The van der Waals surface area contributed by atoms with Gasteiger partial charge in [0.25, 0.3) is 0 Å². The molecule has 9 heteroatoms. The molecule has 0 bridgehead atoms. The Hall–Kier alpha value is -5.57. The van der Waals surface area contributed by atoms with Crippen molar-refractivity contribution in [1.29, 1.82) is 0 Å². The van der Waals surface area contributed by atoms with Crippen LogP contribution in [-0.2, 0) is 31.0 Å². The Morgan fingerprint density at radius 3 is 2.04 bits per heavy atom. The van der Waals surface area contributed by atoms with Gasteiger partial charge in [-0.05, 0) is 104 Å². The predicted octanol–water partition coefficient (Wildman–Crippen LogP) is 10.2. The molecule has 1 saturated carbocycles. The average Bonchev–Trinajstić information content (AvgIpc) is 3.68. The van der Waals surface area contributed by atoms with Crippen LogP contribution in [0.25, 0.3) is 11.1 Å². The third-order valence-electron chi connectivity index (χ3n) is 9.06. The smallest absolute Gasteiger partial charge is 0.410 e. The van der Waals surface area contributed by atoms with Crippen LogP contribution in [-0.4, -0.2) is 38.6 Å². The Bertz CT molecular complexity index is 1850. The van der Waals surface area contributed by atoms with Crippen LogP contribution in [0.2, 0.25) is 0 Å². The summed E-state index contributed by atoms with van der Waals surface area (Å²) < 4.78 is 16.9. The van der Waals surface area contributed by atoms with Crippen molar-refractivity contribution in [2.75, 3.05) is 5.32 Å². The molecule has 0 unspecified atom stereocenters. The summed E-state index contributed by atoms with van der Waals surface area (Å²) in [5, 5.41) is 3.03. The second-order valence-electron chi connectivity index (χ2n) is 14.3. The van der Waals surface area contributed by atoms with E-state index >= 15 is 0 Å². The highest BCUT2D eigenvalue weighted by Crippen LogP contribution is 2.28. The second-order valence-corrected chi connectivity index (χ2v) is 14.3. The first-order chi connectivity index (χ1) is 25.2. The van der Waals surface area contributed by atoms with Crippen LogP contribution in [0.3, 0.4) is 0 Å². The number of carbonyl (C=O) groups is 2. The van der Waals surface area contributed by atoms with Gasteiger partial charge in [-0.3, -0.25) is 4.98 Å². The van der Waals surface area contributed by atoms with Crippen LogP contribution in [0.5, 0.6) is 5.75 Å². The number of nitrogens with zero attached hydrogens (tertiary/aromatic N) is 3. The Morgan fingerprint density at radius 1 is 0.788 bits per heavy atom. The molecule has 5 aromatic rings. The molecule has 1 fully saturated rings. The van der Waals surface area contributed by atoms with Crippen LogP contribution < -0.4 is 10.1 Å². The maximum Gasteiger partial charge on any atom is 0.410 e. The molecule has 3 amide bonds. The standard InChI is InChI=1S/C43H48N4O5/c1-43(2,3)52-42(49)47(38-10-5-4-6-11-38)30-33-15-19-36(20-16-33)35-17-13-32(14-18-35)28-46(29-34-9-7-25-44-27-34)41(48)45-37-21-23-39(24-22-37)51-31-40-12-8-26-50-40/h7-9,12-27,38H,4-6,10-11,28-31H2,1-3H3,(H,45,48). The number of amides is 3. The molecule has 0 radical (unpaired) electrons. The van der Waals surface area contributed by atoms with Crippen LogP contribution in [0.4, 0.5) is 15.3 Å². The normalized spacial score (nSPS) is 13.3. The number of benzene rings is 3. The van der Waals surface area contributed by atoms with Gasteiger partial charge in [-0.25, -0.2) is 9.59 Å². The first-order valence-electron chi connectivity index (χ1n) is 18.1. The predicted molar refractivity (Wildman–Crippen MR) is 203 cm³/mol. The first-order valence-corrected chi connectivity index (χ1v) is 18.1. The van der Waals surface area contributed by atoms with Gasteiger partial charge in [-0.1, -0.05) is 73.9 Å². The number of pyridine rings is 1. The number of furan rings is 1. The highest BCUT2D eigenvalue weighted by atomic mass is 16.6. The molecule has 3 aromatic carbocycles. The fourth-order valence-electron chi connectivity index (χ4n) is 6.38. The van der Waals surface area contributed by atoms with Gasteiger partial charge in [0.05, 0.1) is 6.26 Å². The van der Waals surface area contributed by atoms with Crippen molar-refractivity contribution in [2.45, 2.75) is 90.8 Å². The number of anilines is 1. The Labute approximate surface area is 306 Å². The van der Waals surface area contributed by atoms with Crippen molar-refractivity contribution >= 4 is 17.8 Å². The third-order valence-corrected chi connectivity index (χ3v) is 9.06. The molecular weight excluding hydrogens is 652 g/mol. The van der Waals surface area contributed by atoms with E-state index in [1.807, 2.05) is 74.2 Å². The van der Waals surface area contributed by atoms with E-state index in [0.717, 1.165) is 59.3 Å². The van der Waals surface area contributed by atoms with Crippen LogP contribution in [0.15, 0.2) is 120 Å². The zero-order chi connectivity index (χ0) is 36.3. The molecule has 1 aliphatic rings. The molecule has 9 nitrogen and oxygen atoms in total. The van der Waals surface area contributed by atoms with E-state index in [0.29, 0.717) is 37.7 Å². The molecule has 270 valence electrons. The largest absolute Gasteiger partial charge is 0.486 e. The lowest BCUT2D eigenvalue weighted by molar-refractivity contribution is 0.00988. The summed E-state index contributed by atoms with van der Waals surface area (Å²) in [5.74, 6) is 1.42. The number of nitrogens with one attached hydrogen (secondary N) is 1. The summed E-state index contributed by atoms with van der Waals surface area (Å²) >= 11 is 0. The molecule has 1 aliphatic carbocycles. The van der Waals surface area contributed by atoms with Gasteiger partial charge in [0, 0.05) is 43.8 Å². The molecular formula is C43H48N4O5. The molecule has 2 aromatic heterocycles. The lowest BCUT2D eigenvalue weighted by Crippen LogP contribution is -2.43. The van der Waals surface area contributed by atoms with E-state index in [1.54, 1.807) is 23.6 Å². The number of hydrogen-bond acceptors (Lipinski definition) is 6. The Balaban J connectivity index is 1.10. The van der Waals surface area contributed by atoms with Crippen molar-refractivity contribution in [3.05, 3.63) is 138 Å². The molecule has 0 atom stereocenters. The summed E-state index contributed by atoms with van der Waals surface area (Å²) in [6, 6.07) is 31.5. The van der Waals surface area contributed by atoms with Gasteiger partial charge in [-0.15, -0.1) is 0 Å². The van der Waals surface area contributed by atoms with Crippen molar-refractivity contribution in [3.63, 3.8) is 0 Å². The van der Waals surface area contributed by atoms with E-state index in [1.165, 1.54) is 6.42 Å². The number of ether oxygens (including phenoxy) is 2. The third kappa shape index (κ3) is 10.5. The Morgan fingerprint density at radius 2 is 1.44 bits per heavy atom. The van der Waals surface area contributed by atoms with Gasteiger partial charge in [0.2, 0.25) is 0 Å². The molecule has 52 heavy (non-hydrogen) atoms. The SMILES string of the molecule is CC(C)(C)OC(=O)N(Cc1ccc(-c2ccc(CN(Cc3cccnc3)C(=O)Nc3ccc(OCc4ccco4)cc3)cc2)cc1)C1CCCCC1. The van der Waals surface area contributed by atoms with Gasteiger partial charge < -0.3 is 29.0 Å². The highest BCUT2D eigenvalue weighted by Gasteiger charge is 2.29. The summed E-state index contributed by atoms with van der Waals surface area (Å²) in [6.07, 6.45) is 10.4. The fraction of sp³-hybridized carbons (Fsp3) is 0.326. The van der Waals surface area contributed by atoms with Crippen LogP contribution >= 0.6 is 0 Å². The van der Waals surface area contributed by atoms with E-state index in [2.05, 4.69) is 58.8 Å². The maximum atomic E-state index is 13.6. The van der Waals surface area contributed by atoms with Gasteiger partial charge in [0.15, 0.2) is 0 Å². The van der Waals surface area contributed by atoms with Crippen molar-refractivity contribution < 1.29 is 23.5 Å². The summed E-state index contributed by atoms with van der Waals surface area (Å²) in [6.45, 7) is 7.41. The van der Waals surface area contributed by atoms with E-state index in [9.17, 15) is 9.59 Å². The van der Waals surface area contributed by atoms with Crippen molar-refractivity contribution in [2.24, 2.45) is 0 Å². The van der Waals surface area contributed by atoms with E-state index in [-0.39, 0.29) is 18.2 Å². The lowest BCUT2D eigenvalue weighted by Gasteiger charge is -2.35. The first kappa shape index (κ1) is 36.2. The zero-order valence-corrected chi connectivity index (χ0v) is 30.3. The molecule has 0 saturated heterocycles. The van der Waals surface area contributed by atoms with Crippen molar-refractivity contribution in [1.82, 2.24) is 14.8 Å². The minimum absolute atomic E-state index is 0.203. The van der Waals surface area contributed by atoms with Crippen LogP contribution in [0, 0.1) is 0 Å². The molecule has 0 spiro atoms. The summed E-state index contributed by atoms with van der Waals surface area (Å²) in [4.78, 5) is 34.8. The topological polar surface area (TPSA) is 97.1 Å². The number of hydrogen-bond donors (Lipinski definition) is 1. The average molecular weight is 701 g/mol. The number of aromatic nitrogens is 1. The number of urea groups is 1. The Kier molecular flexibility index (Phi) is 11.9.